The number of rotatable bonds is 11. The number of benzene rings is 3. The Bertz CT molecular complexity index is 1250. The molecule has 0 saturated carbocycles. The Kier molecular flexibility index (Phi) is 7.97. The van der Waals surface area contributed by atoms with E-state index in [0.717, 1.165) is 71.5 Å². The monoisotopic (exact) mass is 455 g/mol. The fraction of sp³-hybridized carbons (Fsp3) is 0.310. The maximum atomic E-state index is 12.3. The molecule has 1 aromatic heterocycles. The fourth-order valence-electron chi connectivity index (χ4n) is 4.21. The largest absolute Gasteiger partial charge is 0.491 e. The van der Waals surface area contributed by atoms with E-state index >= 15 is 0 Å². The van der Waals surface area contributed by atoms with Crippen LogP contribution in [0.15, 0.2) is 72.8 Å². The number of fused-ring (bicyclic) bond motifs is 1. The molecular weight excluding hydrogens is 422 g/mol. The van der Waals surface area contributed by atoms with Gasteiger partial charge in [0.05, 0.1) is 17.6 Å². The highest BCUT2D eigenvalue weighted by Crippen LogP contribution is 2.20. The second-order valence-electron chi connectivity index (χ2n) is 8.72. The molecule has 0 bridgehead atoms. The summed E-state index contributed by atoms with van der Waals surface area (Å²) in [6.07, 6.45) is 3.93. The molecular formula is C29H33N3O2. The van der Waals surface area contributed by atoms with Crippen LogP contribution >= 0.6 is 0 Å². The van der Waals surface area contributed by atoms with E-state index in [1.165, 1.54) is 0 Å². The Labute approximate surface area is 201 Å². The average Bonchev–Trinajstić information content (AvgIpc) is 3.19. The third kappa shape index (κ3) is 6.04. The molecule has 4 rings (SSSR count). The van der Waals surface area contributed by atoms with E-state index in [1.807, 2.05) is 55.5 Å². The van der Waals surface area contributed by atoms with Crippen LogP contribution in [0.25, 0.3) is 11.0 Å². The normalized spacial score (nSPS) is 11.0. The highest BCUT2D eigenvalue weighted by atomic mass is 16.5. The van der Waals surface area contributed by atoms with Crippen molar-refractivity contribution in [2.24, 2.45) is 0 Å². The minimum atomic E-state index is -0.000791. The number of unbranched alkanes of at least 4 members (excludes halogenated alkanes) is 2. The third-order valence-corrected chi connectivity index (χ3v) is 6.04. The molecule has 0 aliphatic heterocycles. The highest BCUT2D eigenvalue weighted by molar-refractivity contribution is 5.94. The van der Waals surface area contributed by atoms with E-state index in [9.17, 15) is 4.79 Å². The van der Waals surface area contributed by atoms with Gasteiger partial charge in [-0.05, 0) is 62.6 Å². The molecule has 0 atom stereocenters. The SMILES string of the molecule is Cc1cccc(C(=O)NCCCCCc2nc3ccccc3n2CCOc2ccccc2C)c1. The summed E-state index contributed by atoms with van der Waals surface area (Å²) in [5.41, 5.74) is 5.14. The number of imidazole rings is 1. The molecule has 0 spiro atoms. The Morgan fingerprint density at radius 3 is 2.62 bits per heavy atom. The van der Waals surface area contributed by atoms with Crippen molar-refractivity contribution >= 4 is 16.9 Å². The number of aromatic nitrogens is 2. The van der Waals surface area contributed by atoms with E-state index in [2.05, 4.69) is 41.1 Å². The summed E-state index contributed by atoms with van der Waals surface area (Å²) >= 11 is 0. The van der Waals surface area contributed by atoms with Crippen molar-refractivity contribution < 1.29 is 9.53 Å². The van der Waals surface area contributed by atoms with Gasteiger partial charge < -0.3 is 14.6 Å². The molecule has 5 nitrogen and oxygen atoms in total. The first-order valence-corrected chi connectivity index (χ1v) is 12.1. The van der Waals surface area contributed by atoms with Gasteiger partial charge in [-0.2, -0.15) is 0 Å². The standard InChI is InChI=1S/C29H33N3O2/c1-22-11-10-13-24(21-22)29(33)30-18-9-3-4-17-28-31-25-14-6-7-15-26(25)32(28)19-20-34-27-16-8-5-12-23(27)2/h5-8,10-16,21H,3-4,9,17-20H2,1-2H3,(H,30,33). The van der Waals surface area contributed by atoms with E-state index < -0.39 is 0 Å². The molecule has 0 fully saturated rings. The first-order chi connectivity index (χ1) is 16.6. The van der Waals surface area contributed by atoms with E-state index in [0.29, 0.717) is 13.2 Å². The minimum Gasteiger partial charge on any atom is -0.491 e. The summed E-state index contributed by atoms with van der Waals surface area (Å²) in [4.78, 5) is 17.2. The molecule has 1 N–H and O–H groups in total. The van der Waals surface area contributed by atoms with Crippen molar-refractivity contribution in [3.05, 3.63) is 95.3 Å². The van der Waals surface area contributed by atoms with Crippen LogP contribution < -0.4 is 10.1 Å². The lowest BCUT2D eigenvalue weighted by Crippen LogP contribution is -2.24. The van der Waals surface area contributed by atoms with Gasteiger partial charge in [0.1, 0.15) is 18.2 Å². The second kappa shape index (κ2) is 11.5. The van der Waals surface area contributed by atoms with Gasteiger partial charge in [-0.1, -0.05) is 54.4 Å². The van der Waals surface area contributed by atoms with E-state index in [1.54, 1.807) is 0 Å². The van der Waals surface area contributed by atoms with Crippen molar-refractivity contribution in [1.29, 1.82) is 0 Å². The van der Waals surface area contributed by atoms with Gasteiger partial charge in [0.15, 0.2) is 0 Å². The van der Waals surface area contributed by atoms with Crippen molar-refractivity contribution in [2.75, 3.05) is 13.2 Å². The zero-order valence-electron chi connectivity index (χ0n) is 20.1. The molecule has 34 heavy (non-hydrogen) atoms. The summed E-state index contributed by atoms with van der Waals surface area (Å²) in [5.74, 6) is 2.03. The number of nitrogens with zero attached hydrogens (tertiary/aromatic N) is 2. The maximum absolute atomic E-state index is 12.3. The van der Waals surface area contributed by atoms with Gasteiger partial charge >= 0.3 is 0 Å². The highest BCUT2D eigenvalue weighted by Gasteiger charge is 2.11. The molecule has 0 saturated heterocycles. The van der Waals surface area contributed by atoms with Gasteiger partial charge in [0, 0.05) is 18.5 Å². The molecule has 0 aliphatic carbocycles. The van der Waals surface area contributed by atoms with E-state index in [4.69, 9.17) is 9.72 Å². The molecule has 1 amide bonds. The predicted molar refractivity (Wildman–Crippen MR) is 137 cm³/mol. The first kappa shape index (κ1) is 23.6. The Morgan fingerprint density at radius 2 is 1.76 bits per heavy atom. The third-order valence-electron chi connectivity index (χ3n) is 6.04. The quantitative estimate of drug-likeness (QED) is 0.288. The van der Waals surface area contributed by atoms with Crippen molar-refractivity contribution in [3.8, 4) is 5.75 Å². The first-order valence-electron chi connectivity index (χ1n) is 12.1. The van der Waals surface area contributed by atoms with Crippen LogP contribution in [0.3, 0.4) is 0 Å². The number of para-hydroxylation sites is 3. The number of hydrogen-bond donors (Lipinski definition) is 1. The maximum Gasteiger partial charge on any atom is 0.251 e. The zero-order chi connectivity index (χ0) is 23.8. The van der Waals surface area contributed by atoms with Crippen LogP contribution in [0.1, 0.15) is 46.6 Å². The smallest absolute Gasteiger partial charge is 0.251 e. The van der Waals surface area contributed by atoms with Crippen LogP contribution in [0.2, 0.25) is 0 Å². The number of nitrogens with one attached hydrogen (secondary N) is 1. The molecule has 176 valence electrons. The minimum absolute atomic E-state index is 0.000791. The summed E-state index contributed by atoms with van der Waals surface area (Å²) < 4.78 is 8.33. The van der Waals surface area contributed by atoms with Gasteiger partial charge in [0.2, 0.25) is 0 Å². The average molecular weight is 456 g/mol. The van der Waals surface area contributed by atoms with Gasteiger partial charge in [0.25, 0.3) is 5.91 Å². The summed E-state index contributed by atoms with van der Waals surface area (Å²) in [6, 6.07) is 24.1. The molecule has 5 heteroatoms. The zero-order valence-corrected chi connectivity index (χ0v) is 20.1. The molecule has 3 aromatic carbocycles. The Balaban J connectivity index is 1.28. The molecule has 0 aliphatic rings. The number of hydrogen-bond acceptors (Lipinski definition) is 3. The van der Waals surface area contributed by atoms with Gasteiger partial charge in [-0.15, -0.1) is 0 Å². The number of aryl methyl sites for hydroxylation is 3. The fourth-order valence-corrected chi connectivity index (χ4v) is 4.21. The molecule has 1 heterocycles. The van der Waals surface area contributed by atoms with Crippen LogP contribution in [0.5, 0.6) is 5.75 Å². The van der Waals surface area contributed by atoms with Crippen LogP contribution in [-0.4, -0.2) is 28.6 Å². The van der Waals surface area contributed by atoms with Crippen LogP contribution in [-0.2, 0) is 13.0 Å². The van der Waals surface area contributed by atoms with Gasteiger partial charge in [-0.25, -0.2) is 4.98 Å². The topological polar surface area (TPSA) is 56.2 Å². The Morgan fingerprint density at radius 1 is 0.941 bits per heavy atom. The van der Waals surface area contributed by atoms with Crippen LogP contribution in [0, 0.1) is 13.8 Å². The van der Waals surface area contributed by atoms with Crippen molar-refractivity contribution in [1.82, 2.24) is 14.9 Å². The lowest BCUT2D eigenvalue weighted by molar-refractivity contribution is 0.0953. The molecule has 0 radical (unpaired) electrons. The van der Waals surface area contributed by atoms with Crippen LogP contribution in [0.4, 0.5) is 0 Å². The van der Waals surface area contributed by atoms with E-state index in [-0.39, 0.29) is 5.91 Å². The molecule has 0 unspecified atom stereocenters. The number of carbonyl (C=O) groups excluding carboxylic acids is 1. The number of ether oxygens (including phenoxy) is 1. The molecule has 4 aromatic rings. The predicted octanol–water partition coefficient (Wildman–Crippen LogP) is 5.87. The summed E-state index contributed by atoms with van der Waals surface area (Å²) in [6.45, 7) is 6.11. The van der Waals surface area contributed by atoms with Crippen molar-refractivity contribution in [2.45, 2.75) is 46.1 Å². The second-order valence-corrected chi connectivity index (χ2v) is 8.72. The summed E-state index contributed by atoms with van der Waals surface area (Å²) in [7, 11) is 0. The lowest BCUT2D eigenvalue weighted by Gasteiger charge is -2.12. The Hall–Kier alpha value is -3.60. The van der Waals surface area contributed by atoms with Gasteiger partial charge in [-0.3, -0.25) is 4.79 Å². The number of amides is 1. The summed E-state index contributed by atoms with van der Waals surface area (Å²) in [5, 5.41) is 3.03. The lowest BCUT2D eigenvalue weighted by atomic mass is 10.1. The number of carbonyl (C=O) groups is 1. The van der Waals surface area contributed by atoms with Crippen molar-refractivity contribution in [3.63, 3.8) is 0 Å².